The Kier molecular flexibility index (Phi) is 5.95. The molecule has 124 valence electrons. The van der Waals surface area contributed by atoms with E-state index in [0.29, 0.717) is 22.5 Å². The highest BCUT2D eigenvalue weighted by molar-refractivity contribution is 6.31. The molecule has 0 unspecified atom stereocenters. The molecule has 0 saturated heterocycles. The Morgan fingerprint density at radius 3 is 2.78 bits per heavy atom. The van der Waals surface area contributed by atoms with Crippen molar-refractivity contribution in [3.63, 3.8) is 0 Å². The normalized spacial score (nSPS) is 10.7. The molecule has 0 fully saturated rings. The fraction of sp³-hybridized carbons (Fsp3) is 0.400. The van der Waals surface area contributed by atoms with Crippen molar-refractivity contribution >= 4 is 29.1 Å². The van der Waals surface area contributed by atoms with E-state index in [4.69, 9.17) is 16.3 Å². The maximum atomic E-state index is 6.11. The molecule has 7 nitrogen and oxygen atoms in total. The number of benzene rings is 1. The zero-order valence-electron chi connectivity index (χ0n) is 13.7. The van der Waals surface area contributed by atoms with Gasteiger partial charge in [-0.3, -0.25) is 0 Å². The Hall–Kier alpha value is -2.12. The van der Waals surface area contributed by atoms with Gasteiger partial charge in [-0.25, -0.2) is 0 Å². The summed E-state index contributed by atoms with van der Waals surface area (Å²) in [6.07, 6.45) is 1.59. The highest BCUT2D eigenvalue weighted by Crippen LogP contribution is 2.32. The lowest BCUT2D eigenvalue weighted by molar-refractivity contribution is 0.416. The van der Waals surface area contributed by atoms with E-state index in [1.165, 1.54) is 0 Å². The van der Waals surface area contributed by atoms with Gasteiger partial charge >= 0.3 is 0 Å². The molecule has 0 atom stereocenters. The van der Waals surface area contributed by atoms with Crippen molar-refractivity contribution in [1.29, 1.82) is 0 Å². The van der Waals surface area contributed by atoms with Crippen LogP contribution in [0.15, 0.2) is 18.3 Å². The van der Waals surface area contributed by atoms with Crippen molar-refractivity contribution in [3.05, 3.63) is 28.9 Å². The van der Waals surface area contributed by atoms with Crippen LogP contribution < -0.4 is 15.4 Å². The van der Waals surface area contributed by atoms with E-state index in [1.807, 2.05) is 27.1 Å². The van der Waals surface area contributed by atoms with E-state index < -0.39 is 0 Å². The first-order chi connectivity index (χ1) is 11.0. The number of hydrogen-bond acceptors (Lipinski definition) is 7. The van der Waals surface area contributed by atoms with E-state index in [9.17, 15) is 0 Å². The number of nitrogens with zero attached hydrogens (tertiary/aromatic N) is 4. The van der Waals surface area contributed by atoms with Gasteiger partial charge in [-0.05, 0) is 32.6 Å². The van der Waals surface area contributed by atoms with Gasteiger partial charge < -0.3 is 20.3 Å². The van der Waals surface area contributed by atoms with Gasteiger partial charge in [0.1, 0.15) is 5.75 Å². The maximum Gasteiger partial charge on any atom is 0.249 e. The Labute approximate surface area is 141 Å². The fourth-order valence-corrected chi connectivity index (χ4v) is 2.05. The number of anilines is 3. The summed E-state index contributed by atoms with van der Waals surface area (Å²) in [4.78, 5) is 6.47. The molecule has 0 bridgehead atoms. The number of ether oxygens (including phenoxy) is 1. The van der Waals surface area contributed by atoms with Gasteiger partial charge in [-0.1, -0.05) is 11.6 Å². The minimum atomic E-state index is 0.389. The van der Waals surface area contributed by atoms with Gasteiger partial charge in [0.15, 0.2) is 5.82 Å². The minimum Gasteiger partial charge on any atom is -0.495 e. The summed E-state index contributed by atoms with van der Waals surface area (Å²) >= 11 is 6.11. The summed E-state index contributed by atoms with van der Waals surface area (Å²) in [6, 6.07) is 3.64. The second kappa shape index (κ2) is 7.94. The van der Waals surface area contributed by atoms with E-state index in [1.54, 1.807) is 19.4 Å². The number of likely N-dealkylation sites (N-methyl/N-ethyl adjacent to an activating group) is 1. The van der Waals surface area contributed by atoms with Crippen LogP contribution in [-0.2, 0) is 0 Å². The number of halogens is 1. The first-order valence-electron chi connectivity index (χ1n) is 7.19. The van der Waals surface area contributed by atoms with Gasteiger partial charge in [0.2, 0.25) is 5.95 Å². The number of aryl methyl sites for hydroxylation is 1. The van der Waals surface area contributed by atoms with E-state index in [-0.39, 0.29) is 0 Å². The molecule has 1 aromatic carbocycles. The molecule has 1 aromatic heterocycles. The number of methoxy groups -OCH3 is 1. The summed E-state index contributed by atoms with van der Waals surface area (Å²) in [5, 5.41) is 14.9. The Balaban J connectivity index is 2.13. The summed E-state index contributed by atoms with van der Waals surface area (Å²) in [7, 11) is 5.62. The van der Waals surface area contributed by atoms with Crippen LogP contribution in [0, 0.1) is 6.92 Å². The zero-order valence-corrected chi connectivity index (χ0v) is 14.5. The number of aromatic nitrogens is 3. The number of nitrogens with one attached hydrogen (secondary N) is 2. The second-order valence-corrected chi connectivity index (χ2v) is 5.73. The summed E-state index contributed by atoms with van der Waals surface area (Å²) in [5.74, 6) is 1.67. The molecule has 8 heteroatoms. The Bertz CT molecular complexity index is 664. The van der Waals surface area contributed by atoms with Crippen LogP contribution in [0.1, 0.15) is 5.56 Å². The summed E-state index contributed by atoms with van der Waals surface area (Å²) in [5.41, 5.74) is 1.67. The topological polar surface area (TPSA) is 75.2 Å². The van der Waals surface area contributed by atoms with Gasteiger partial charge in [-0.15, -0.1) is 5.10 Å². The summed E-state index contributed by atoms with van der Waals surface area (Å²) < 4.78 is 5.33. The average Bonchev–Trinajstić information content (AvgIpc) is 2.51. The van der Waals surface area contributed by atoms with E-state index in [2.05, 4.69) is 30.7 Å². The van der Waals surface area contributed by atoms with Crippen LogP contribution >= 0.6 is 11.6 Å². The smallest absolute Gasteiger partial charge is 0.249 e. The second-order valence-electron chi connectivity index (χ2n) is 5.32. The highest BCUT2D eigenvalue weighted by Gasteiger charge is 2.09. The lowest BCUT2D eigenvalue weighted by Crippen LogP contribution is -2.21. The molecule has 1 heterocycles. The predicted octanol–water partition coefficient (Wildman–Crippen LogP) is 2.56. The average molecular weight is 337 g/mol. The van der Waals surface area contributed by atoms with Crippen LogP contribution in [0.2, 0.25) is 5.02 Å². The maximum absolute atomic E-state index is 6.11. The van der Waals surface area contributed by atoms with Gasteiger partial charge in [-0.2, -0.15) is 10.1 Å². The van der Waals surface area contributed by atoms with Crippen LogP contribution in [0.4, 0.5) is 17.5 Å². The van der Waals surface area contributed by atoms with E-state index >= 15 is 0 Å². The first-order valence-corrected chi connectivity index (χ1v) is 7.57. The van der Waals surface area contributed by atoms with Crippen molar-refractivity contribution in [2.45, 2.75) is 6.92 Å². The van der Waals surface area contributed by atoms with Crippen LogP contribution in [0.25, 0.3) is 0 Å². The number of rotatable bonds is 7. The molecule has 2 rings (SSSR count). The Morgan fingerprint density at radius 1 is 1.30 bits per heavy atom. The third-order valence-electron chi connectivity index (χ3n) is 3.15. The fourth-order valence-electron chi connectivity index (χ4n) is 1.90. The molecule has 0 saturated carbocycles. The van der Waals surface area contributed by atoms with Crippen LogP contribution in [0.5, 0.6) is 5.75 Å². The van der Waals surface area contributed by atoms with Gasteiger partial charge in [0.05, 0.1) is 19.0 Å². The standard InChI is InChI=1S/C15H21ClN6O/c1-10-7-12(13(23-4)8-11(10)16)19-15-20-14(9-18-21-15)17-5-6-22(2)3/h7-9H,5-6H2,1-4H3,(H2,17,19,20,21). The molecule has 0 radical (unpaired) electrons. The third kappa shape index (κ3) is 4.94. The van der Waals surface area contributed by atoms with Crippen molar-refractivity contribution in [2.75, 3.05) is 44.9 Å². The van der Waals surface area contributed by atoms with Gasteiger partial charge in [0.25, 0.3) is 0 Å². The molecule has 0 spiro atoms. The molecule has 0 amide bonds. The zero-order chi connectivity index (χ0) is 16.8. The third-order valence-corrected chi connectivity index (χ3v) is 3.56. The lowest BCUT2D eigenvalue weighted by Gasteiger charge is -2.13. The quantitative estimate of drug-likeness (QED) is 0.804. The van der Waals surface area contributed by atoms with Crippen molar-refractivity contribution in [1.82, 2.24) is 20.1 Å². The monoisotopic (exact) mass is 336 g/mol. The minimum absolute atomic E-state index is 0.389. The molecular formula is C15H21ClN6O. The molecule has 0 aliphatic rings. The SMILES string of the molecule is COc1cc(Cl)c(C)cc1Nc1nncc(NCCN(C)C)n1. The largest absolute Gasteiger partial charge is 0.495 e. The van der Waals surface area contributed by atoms with Crippen molar-refractivity contribution in [2.24, 2.45) is 0 Å². The summed E-state index contributed by atoms with van der Waals surface area (Å²) in [6.45, 7) is 3.59. The van der Waals surface area contributed by atoms with Crippen LogP contribution in [-0.4, -0.2) is 54.4 Å². The molecular weight excluding hydrogens is 316 g/mol. The first kappa shape index (κ1) is 17.2. The molecule has 0 aliphatic carbocycles. The van der Waals surface area contributed by atoms with Gasteiger partial charge in [0, 0.05) is 24.2 Å². The lowest BCUT2D eigenvalue weighted by atomic mass is 10.2. The van der Waals surface area contributed by atoms with E-state index in [0.717, 1.165) is 24.3 Å². The molecule has 2 aromatic rings. The van der Waals surface area contributed by atoms with Crippen molar-refractivity contribution < 1.29 is 4.74 Å². The van der Waals surface area contributed by atoms with Crippen LogP contribution in [0.3, 0.4) is 0 Å². The predicted molar refractivity (Wildman–Crippen MR) is 92.9 cm³/mol. The highest BCUT2D eigenvalue weighted by atomic mass is 35.5. The molecule has 23 heavy (non-hydrogen) atoms. The molecule has 2 N–H and O–H groups in total. The Morgan fingerprint density at radius 2 is 2.09 bits per heavy atom. The van der Waals surface area contributed by atoms with Crippen molar-refractivity contribution in [3.8, 4) is 5.75 Å². The number of hydrogen-bond donors (Lipinski definition) is 2. The molecule has 0 aliphatic heterocycles.